The molecule has 208 valence electrons. The lowest BCUT2D eigenvalue weighted by atomic mass is 9.95. The number of carbonyl (C=O) groups is 2. The third-order valence-corrected chi connectivity index (χ3v) is 7.81. The Balaban J connectivity index is 1.37. The molecule has 4 aromatic rings. The number of benzene rings is 2. The lowest BCUT2D eigenvalue weighted by Crippen LogP contribution is -2.29. The Morgan fingerprint density at radius 2 is 1.90 bits per heavy atom. The summed E-state index contributed by atoms with van der Waals surface area (Å²) in [4.78, 5) is 44.1. The number of amides is 2. The zero-order chi connectivity index (χ0) is 27.9. The summed E-state index contributed by atoms with van der Waals surface area (Å²) < 4.78 is 12.5. The van der Waals surface area contributed by atoms with E-state index >= 15 is 0 Å². The average molecular weight is 561 g/mol. The maximum atomic E-state index is 13.7. The van der Waals surface area contributed by atoms with Crippen LogP contribution in [0.3, 0.4) is 0 Å². The topological polar surface area (TPSA) is 115 Å². The van der Waals surface area contributed by atoms with Gasteiger partial charge >= 0.3 is 0 Å². The highest BCUT2D eigenvalue weighted by Crippen LogP contribution is 2.31. The van der Waals surface area contributed by atoms with Crippen molar-refractivity contribution in [1.29, 1.82) is 0 Å². The van der Waals surface area contributed by atoms with Crippen molar-refractivity contribution < 1.29 is 18.7 Å². The molecular formula is C30H32N4O5S. The molecule has 1 aliphatic rings. The highest BCUT2D eigenvalue weighted by Gasteiger charge is 2.23. The molecule has 0 atom stereocenters. The molecule has 1 fully saturated rings. The molecule has 2 heterocycles. The van der Waals surface area contributed by atoms with Crippen molar-refractivity contribution in [3.8, 4) is 5.75 Å². The van der Waals surface area contributed by atoms with Crippen LogP contribution in [0.25, 0.3) is 10.9 Å². The first-order chi connectivity index (χ1) is 19.5. The molecule has 2 aromatic heterocycles. The molecule has 1 saturated carbocycles. The van der Waals surface area contributed by atoms with Crippen LogP contribution in [-0.4, -0.2) is 33.7 Å². The van der Waals surface area contributed by atoms with Gasteiger partial charge in [0.1, 0.15) is 11.5 Å². The monoisotopic (exact) mass is 560 g/mol. The quantitative estimate of drug-likeness (QED) is 0.193. The standard InChI is InChI=1S/C30H32N4O5S/c1-2-38-23-13-11-21(12-14-23)32-27(35)19-40-30-33-26-17-20(28(36)31-18-24-9-6-16-39-24)10-15-25(26)29(37)34(30)22-7-4-3-5-8-22/h6,9-17,22H,2-5,7-8,18-19H2,1H3,(H,31,36)(H,32,35). The molecule has 5 rings (SSSR count). The van der Waals surface area contributed by atoms with E-state index in [0.717, 1.165) is 37.9 Å². The Hall–Kier alpha value is -4.05. The van der Waals surface area contributed by atoms with Crippen molar-refractivity contribution in [2.24, 2.45) is 0 Å². The summed E-state index contributed by atoms with van der Waals surface area (Å²) in [5.41, 5.74) is 1.34. The number of carbonyl (C=O) groups excluding carboxylic acids is 2. The smallest absolute Gasteiger partial charge is 0.262 e. The van der Waals surface area contributed by atoms with Crippen molar-refractivity contribution in [1.82, 2.24) is 14.9 Å². The first-order valence-electron chi connectivity index (χ1n) is 13.5. The second-order valence-corrected chi connectivity index (χ2v) is 10.6. The highest BCUT2D eigenvalue weighted by atomic mass is 32.2. The molecule has 40 heavy (non-hydrogen) atoms. The van der Waals surface area contributed by atoms with Crippen LogP contribution < -0.4 is 20.9 Å². The first-order valence-corrected chi connectivity index (χ1v) is 14.5. The number of ether oxygens (including phenoxy) is 1. The minimum atomic E-state index is -0.291. The van der Waals surface area contributed by atoms with E-state index in [2.05, 4.69) is 10.6 Å². The van der Waals surface area contributed by atoms with Gasteiger partial charge in [0.2, 0.25) is 5.91 Å². The maximum absolute atomic E-state index is 13.7. The number of fused-ring (bicyclic) bond motifs is 1. The molecule has 2 N–H and O–H groups in total. The van der Waals surface area contributed by atoms with Crippen LogP contribution >= 0.6 is 11.8 Å². The third-order valence-electron chi connectivity index (χ3n) is 6.86. The summed E-state index contributed by atoms with van der Waals surface area (Å²) in [6.07, 6.45) is 6.59. The summed E-state index contributed by atoms with van der Waals surface area (Å²) in [5.74, 6) is 0.970. The second kappa shape index (κ2) is 12.9. The molecule has 2 amide bonds. The third kappa shape index (κ3) is 6.56. The van der Waals surface area contributed by atoms with Crippen LogP contribution in [0.1, 0.15) is 61.2 Å². The fourth-order valence-electron chi connectivity index (χ4n) is 4.89. The summed E-state index contributed by atoms with van der Waals surface area (Å²) in [6, 6.07) is 15.7. The predicted molar refractivity (Wildman–Crippen MR) is 155 cm³/mol. The van der Waals surface area contributed by atoms with E-state index in [0.29, 0.717) is 39.7 Å². The molecular weight excluding hydrogens is 528 g/mol. The highest BCUT2D eigenvalue weighted by molar-refractivity contribution is 7.99. The molecule has 0 radical (unpaired) electrons. The van der Waals surface area contributed by atoms with Gasteiger partial charge in [0.15, 0.2) is 5.16 Å². The number of thioether (sulfide) groups is 1. The lowest BCUT2D eigenvalue weighted by molar-refractivity contribution is -0.113. The van der Waals surface area contributed by atoms with Gasteiger partial charge in [-0.25, -0.2) is 4.98 Å². The number of hydrogen-bond donors (Lipinski definition) is 2. The van der Waals surface area contributed by atoms with Crippen molar-refractivity contribution in [2.45, 2.75) is 56.8 Å². The van der Waals surface area contributed by atoms with E-state index in [4.69, 9.17) is 14.1 Å². The van der Waals surface area contributed by atoms with Crippen LogP contribution in [-0.2, 0) is 11.3 Å². The van der Waals surface area contributed by atoms with E-state index in [1.807, 2.05) is 6.92 Å². The molecule has 0 spiro atoms. The summed E-state index contributed by atoms with van der Waals surface area (Å²) in [6.45, 7) is 2.74. The molecule has 1 aliphatic carbocycles. The molecule has 0 unspecified atom stereocenters. The van der Waals surface area contributed by atoms with Crippen molar-refractivity contribution >= 4 is 40.2 Å². The number of aromatic nitrogens is 2. The zero-order valence-corrected chi connectivity index (χ0v) is 23.2. The lowest BCUT2D eigenvalue weighted by Gasteiger charge is -2.26. The number of rotatable bonds is 10. The Kier molecular flexibility index (Phi) is 8.85. The Morgan fingerprint density at radius 3 is 2.62 bits per heavy atom. The van der Waals surface area contributed by atoms with Gasteiger partial charge in [0, 0.05) is 17.3 Å². The van der Waals surface area contributed by atoms with Gasteiger partial charge in [-0.15, -0.1) is 0 Å². The Morgan fingerprint density at radius 1 is 1.10 bits per heavy atom. The Labute approximate surface area is 236 Å². The number of nitrogens with zero attached hydrogens (tertiary/aromatic N) is 2. The fraction of sp³-hybridized carbons (Fsp3) is 0.333. The van der Waals surface area contributed by atoms with E-state index in [1.165, 1.54) is 11.8 Å². The number of nitrogens with one attached hydrogen (secondary N) is 2. The van der Waals surface area contributed by atoms with Crippen LogP contribution in [0.5, 0.6) is 5.75 Å². The first kappa shape index (κ1) is 27.5. The zero-order valence-electron chi connectivity index (χ0n) is 22.4. The van der Waals surface area contributed by atoms with Crippen molar-refractivity contribution in [3.63, 3.8) is 0 Å². The van der Waals surface area contributed by atoms with Crippen molar-refractivity contribution in [3.05, 3.63) is 82.5 Å². The van der Waals surface area contributed by atoms with Gasteiger partial charge in [-0.1, -0.05) is 31.0 Å². The van der Waals surface area contributed by atoms with Crippen LogP contribution in [0.2, 0.25) is 0 Å². The van der Waals surface area contributed by atoms with Gasteiger partial charge in [-0.3, -0.25) is 19.0 Å². The molecule has 10 heteroatoms. The van der Waals surface area contributed by atoms with Crippen LogP contribution in [0, 0.1) is 0 Å². The maximum Gasteiger partial charge on any atom is 0.262 e. The minimum Gasteiger partial charge on any atom is -0.494 e. The second-order valence-electron chi connectivity index (χ2n) is 9.65. The summed E-state index contributed by atoms with van der Waals surface area (Å²) >= 11 is 1.23. The minimum absolute atomic E-state index is 0.0334. The van der Waals surface area contributed by atoms with Gasteiger partial charge < -0.3 is 19.8 Å². The number of hydrogen-bond acceptors (Lipinski definition) is 7. The molecule has 9 nitrogen and oxygen atoms in total. The SMILES string of the molecule is CCOc1ccc(NC(=O)CSc2nc3cc(C(=O)NCc4ccco4)ccc3c(=O)n2C2CCCCC2)cc1. The summed E-state index contributed by atoms with van der Waals surface area (Å²) in [5, 5.41) is 6.65. The van der Waals surface area contributed by atoms with E-state index in [9.17, 15) is 14.4 Å². The fourth-order valence-corrected chi connectivity index (χ4v) is 5.76. The predicted octanol–water partition coefficient (Wildman–Crippen LogP) is 5.55. The largest absolute Gasteiger partial charge is 0.494 e. The average Bonchev–Trinajstić information content (AvgIpc) is 3.50. The van der Waals surface area contributed by atoms with Crippen LogP contribution in [0.15, 0.2) is 75.2 Å². The number of furan rings is 1. The molecule has 0 bridgehead atoms. The van der Waals surface area contributed by atoms with Crippen LogP contribution in [0.4, 0.5) is 5.69 Å². The molecule has 0 aliphatic heterocycles. The van der Waals surface area contributed by atoms with Crippen molar-refractivity contribution in [2.75, 3.05) is 17.7 Å². The van der Waals surface area contributed by atoms with Gasteiger partial charge in [-0.2, -0.15) is 0 Å². The summed E-state index contributed by atoms with van der Waals surface area (Å²) in [7, 11) is 0. The van der Waals surface area contributed by atoms with E-state index < -0.39 is 0 Å². The normalized spacial score (nSPS) is 13.7. The Bertz CT molecular complexity index is 1530. The van der Waals surface area contributed by atoms with Gasteiger partial charge in [-0.05, 0) is 74.4 Å². The molecule has 2 aromatic carbocycles. The van der Waals surface area contributed by atoms with E-state index in [1.54, 1.807) is 65.4 Å². The van der Waals surface area contributed by atoms with E-state index in [-0.39, 0.29) is 35.7 Å². The molecule has 0 saturated heterocycles. The van der Waals surface area contributed by atoms with Gasteiger partial charge in [0.05, 0.1) is 36.1 Å². The number of anilines is 1. The van der Waals surface area contributed by atoms with Gasteiger partial charge in [0.25, 0.3) is 11.5 Å².